The van der Waals surface area contributed by atoms with E-state index in [0.717, 1.165) is 5.56 Å². The summed E-state index contributed by atoms with van der Waals surface area (Å²) in [6.07, 6.45) is 2.66. The Morgan fingerprint density at radius 2 is 1.86 bits per heavy atom. The molecule has 6 heteroatoms. The van der Waals surface area contributed by atoms with Gasteiger partial charge in [-0.15, -0.1) is 0 Å². The Balaban J connectivity index is 1.56. The molecule has 1 aliphatic rings. The molecule has 0 spiro atoms. The van der Waals surface area contributed by atoms with E-state index >= 15 is 0 Å². The van der Waals surface area contributed by atoms with Crippen molar-refractivity contribution >= 4 is 16.8 Å². The molecule has 0 N–H and O–H groups in total. The molecule has 1 aliphatic heterocycles. The molecule has 1 saturated heterocycles. The normalized spacial score (nSPS) is 15.9. The number of piperidine rings is 1. The van der Waals surface area contributed by atoms with E-state index in [9.17, 15) is 14.9 Å². The highest BCUT2D eigenvalue weighted by Crippen LogP contribution is 2.35. The van der Waals surface area contributed by atoms with Gasteiger partial charge in [0.2, 0.25) is 0 Å². The van der Waals surface area contributed by atoms with Crippen LogP contribution in [0.15, 0.2) is 59.7 Å². The zero-order valence-electron chi connectivity index (χ0n) is 15.6. The number of hydrogen-bond acceptors (Lipinski definition) is 4. The summed E-state index contributed by atoms with van der Waals surface area (Å²) >= 11 is 0. The monoisotopic (exact) mass is 372 g/mol. The molecule has 0 radical (unpaired) electrons. The summed E-state index contributed by atoms with van der Waals surface area (Å²) in [6, 6.07) is 17.3. The first-order chi connectivity index (χ1) is 13.5. The molecule has 28 heavy (non-hydrogen) atoms. The zero-order valence-corrected chi connectivity index (χ0v) is 15.6. The lowest BCUT2D eigenvalue weighted by Gasteiger charge is -2.37. The highest BCUT2D eigenvalue weighted by atomic mass is 16.2. The fourth-order valence-electron chi connectivity index (χ4n) is 3.84. The van der Waals surface area contributed by atoms with Gasteiger partial charge in [-0.25, -0.2) is 4.98 Å². The molecular formula is C22H20N4O2. The molecule has 2 heterocycles. The van der Waals surface area contributed by atoms with Gasteiger partial charge >= 0.3 is 0 Å². The maximum Gasteiger partial charge on any atom is 0.260 e. The van der Waals surface area contributed by atoms with Gasteiger partial charge in [0.1, 0.15) is 0 Å². The maximum atomic E-state index is 13.0. The molecule has 6 nitrogen and oxygen atoms in total. The minimum absolute atomic E-state index is 0.0935. The van der Waals surface area contributed by atoms with Crippen LogP contribution in [-0.4, -0.2) is 33.4 Å². The first kappa shape index (κ1) is 17.9. The molecule has 2 aromatic carbocycles. The minimum Gasteiger partial charge on any atom is -0.339 e. The lowest BCUT2D eigenvalue weighted by molar-refractivity contribution is 0.0692. The molecular weight excluding hydrogens is 352 g/mol. The molecule has 0 atom stereocenters. The van der Waals surface area contributed by atoms with Crippen LogP contribution < -0.4 is 5.56 Å². The number of nitriles is 1. The molecule has 3 aromatic rings. The Kier molecular flexibility index (Phi) is 4.44. The second kappa shape index (κ2) is 6.93. The summed E-state index contributed by atoms with van der Waals surface area (Å²) in [4.78, 5) is 31.1. The Labute approximate surface area is 162 Å². The van der Waals surface area contributed by atoms with E-state index < -0.39 is 5.41 Å². The number of carbonyl (C=O) groups is 1. The third kappa shape index (κ3) is 2.95. The topological polar surface area (TPSA) is 79.0 Å². The quantitative estimate of drug-likeness (QED) is 0.693. The second-order valence-electron chi connectivity index (χ2n) is 7.24. The van der Waals surface area contributed by atoms with Crippen molar-refractivity contribution in [1.82, 2.24) is 14.5 Å². The first-order valence-corrected chi connectivity index (χ1v) is 9.25. The highest BCUT2D eigenvalue weighted by molar-refractivity contribution is 5.97. The SMILES string of the molecule is Cn1cnc2cc(C(=O)N3CCC(C#N)(c4ccccc4)CC3)ccc2c1=O. The predicted octanol–water partition coefficient (Wildman–Crippen LogP) is 2.63. The number of likely N-dealkylation sites (tertiary alicyclic amines) is 1. The van der Waals surface area contributed by atoms with E-state index in [0.29, 0.717) is 42.4 Å². The van der Waals surface area contributed by atoms with Gasteiger partial charge < -0.3 is 9.47 Å². The van der Waals surface area contributed by atoms with E-state index in [1.807, 2.05) is 30.3 Å². The minimum atomic E-state index is -0.546. The molecule has 1 amide bonds. The Morgan fingerprint density at radius 3 is 2.54 bits per heavy atom. The molecule has 140 valence electrons. The molecule has 1 aromatic heterocycles. The summed E-state index contributed by atoms with van der Waals surface area (Å²) in [7, 11) is 1.65. The number of nitrogens with zero attached hydrogens (tertiary/aromatic N) is 4. The number of aromatic nitrogens is 2. The van der Waals surface area contributed by atoms with Crippen LogP contribution in [0, 0.1) is 11.3 Å². The van der Waals surface area contributed by atoms with Crippen molar-refractivity contribution in [2.75, 3.05) is 13.1 Å². The number of rotatable bonds is 2. The molecule has 1 fully saturated rings. The zero-order chi connectivity index (χ0) is 19.7. The van der Waals surface area contributed by atoms with Crippen LogP contribution >= 0.6 is 0 Å². The van der Waals surface area contributed by atoms with Crippen molar-refractivity contribution < 1.29 is 4.79 Å². The maximum absolute atomic E-state index is 13.0. The number of aryl methyl sites for hydroxylation is 1. The third-order valence-corrected chi connectivity index (χ3v) is 5.61. The lowest BCUT2D eigenvalue weighted by Crippen LogP contribution is -2.44. The average Bonchev–Trinajstić information content (AvgIpc) is 2.76. The highest BCUT2D eigenvalue weighted by Gasteiger charge is 2.37. The van der Waals surface area contributed by atoms with Crippen LogP contribution in [0.2, 0.25) is 0 Å². The lowest BCUT2D eigenvalue weighted by atomic mass is 9.74. The summed E-state index contributed by atoms with van der Waals surface area (Å²) in [5, 5.41) is 10.3. The Hall–Kier alpha value is -3.46. The van der Waals surface area contributed by atoms with Gasteiger partial charge in [-0.2, -0.15) is 5.26 Å². The van der Waals surface area contributed by atoms with E-state index in [4.69, 9.17) is 0 Å². The van der Waals surface area contributed by atoms with Gasteiger partial charge in [0, 0.05) is 25.7 Å². The van der Waals surface area contributed by atoms with Gasteiger partial charge in [-0.05, 0) is 36.6 Å². The number of benzene rings is 2. The van der Waals surface area contributed by atoms with Crippen LogP contribution in [0.4, 0.5) is 0 Å². The molecule has 0 bridgehead atoms. The van der Waals surface area contributed by atoms with E-state index in [1.165, 1.54) is 10.9 Å². The molecule has 0 saturated carbocycles. The van der Waals surface area contributed by atoms with E-state index in [-0.39, 0.29) is 11.5 Å². The van der Waals surface area contributed by atoms with Crippen LogP contribution in [0.25, 0.3) is 10.9 Å². The predicted molar refractivity (Wildman–Crippen MR) is 106 cm³/mol. The number of hydrogen-bond donors (Lipinski definition) is 0. The smallest absolute Gasteiger partial charge is 0.260 e. The van der Waals surface area contributed by atoms with Crippen molar-refractivity contribution in [2.24, 2.45) is 7.05 Å². The third-order valence-electron chi connectivity index (χ3n) is 5.61. The van der Waals surface area contributed by atoms with Crippen molar-refractivity contribution in [3.05, 3.63) is 76.3 Å². The van der Waals surface area contributed by atoms with Gasteiger partial charge in [-0.3, -0.25) is 9.59 Å². The van der Waals surface area contributed by atoms with Crippen molar-refractivity contribution in [2.45, 2.75) is 18.3 Å². The molecule has 0 aliphatic carbocycles. The van der Waals surface area contributed by atoms with Crippen LogP contribution in [0.5, 0.6) is 0 Å². The van der Waals surface area contributed by atoms with Gasteiger partial charge in [0.05, 0.1) is 28.7 Å². The fourth-order valence-corrected chi connectivity index (χ4v) is 3.84. The number of fused-ring (bicyclic) bond motifs is 1. The van der Waals surface area contributed by atoms with Gasteiger partial charge in [0.25, 0.3) is 11.5 Å². The first-order valence-electron chi connectivity index (χ1n) is 9.25. The van der Waals surface area contributed by atoms with E-state index in [1.54, 1.807) is 30.1 Å². The number of carbonyl (C=O) groups excluding carboxylic acids is 1. The fraction of sp³-hybridized carbons (Fsp3) is 0.273. The van der Waals surface area contributed by atoms with Crippen LogP contribution in [-0.2, 0) is 12.5 Å². The Morgan fingerprint density at radius 1 is 1.14 bits per heavy atom. The van der Waals surface area contributed by atoms with Crippen LogP contribution in [0.1, 0.15) is 28.8 Å². The van der Waals surface area contributed by atoms with Gasteiger partial charge in [0.15, 0.2) is 0 Å². The van der Waals surface area contributed by atoms with E-state index in [2.05, 4.69) is 11.1 Å². The van der Waals surface area contributed by atoms with Crippen molar-refractivity contribution in [3.8, 4) is 6.07 Å². The standard InChI is InChI=1S/C22H20N4O2/c1-25-15-24-19-13-16(7-8-18(19)21(25)28)20(27)26-11-9-22(14-23,10-12-26)17-5-3-2-4-6-17/h2-8,13,15H,9-12H2,1H3. The summed E-state index contributed by atoms with van der Waals surface area (Å²) in [5.41, 5.74) is 1.35. The summed E-state index contributed by atoms with van der Waals surface area (Å²) in [6.45, 7) is 1.03. The Bertz CT molecular complexity index is 1140. The largest absolute Gasteiger partial charge is 0.339 e. The van der Waals surface area contributed by atoms with Crippen molar-refractivity contribution in [1.29, 1.82) is 5.26 Å². The van der Waals surface area contributed by atoms with Crippen LogP contribution in [0.3, 0.4) is 0 Å². The number of amides is 1. The average molecular weight is 372 g/mol. The van der Waals surface area contributed by atoms with Gasteiger partial charge in [-0.1, -0.05) is 30.3 Å². The summed E-state index contributed by atoms with van der Waals surface area (Å²) < 4.78 is 1.42. The molecule has 0 unspecified atom stereocenters. The molecule has 4 rings (SSSR count). The second-order valence-corrected chi connectivity index (χ2v) is 7.24. The van der Waals surface area contributed by atoms with Crippen molar-refractivity contribution in [3.63, 3.8) is 0 Å². The summed E-state index contributed by atoms with van der Waals surface area (Å²) in [5.74, 6) is -0.0935.